The van der Waals surface area contributed by atoms with E-state index in [2.05, 4.69) is 10.3 Å². The fourth-order valence-electron chi connectivity index (χ4n) is 3.16. The maximum Gasteiger partial charge on any atom is 0.353 e. The predicted molar refractivity (Wildman–Crippen MR) is 125 cm³/mol. The molecule has 0 saturated carbocycles. The number of thioether (sulfide) groups is 1. The Balaban J connectivity index is 1.45. The Bertz CT molecular complexity index is 804. The van der Waals surface area contributed by atoms with Gasteiger partial charge in [0.2, 0.25) is 0 Å². The first-order chi connectivity index (χ1) is 16.0. The number of hydrogen-bond donors (Lipinski definition) is 2. The van der Waals surface area contributed by atoms with Gasteiger partial charge in [-0.05, 0) is 19.1 Å². The van der Waals surface area contributed by atoms with Gasteiger partial charge < -0.3 is 34.2 Å². The molecule has 2 aliphatic heterocycles. The number of piperazine rings is 1. The molecule has 0 aliphatic carbocycles. The van der Waals surface area contributed by atoms with Crippen LogP contribution in [0, 0.1) is 0 Å². The molecule has 2 heterocycles. The number of rotatable bonds is 13. The maximum absolute atomic E-state index is 12.7. The molecular formula is C22H33N3O7S. The minimum Gasteiger partial charge on any atom is -0.507 e. The second-order valence-corrected chi connectivity index (χ2v) is 8.75. The SMILES string of the molecule is COCCOCCOCCOc1ccc(C2=NC(C)(C(=O)ON3CCNCC3)CS2)c(O)c1. The molecule has 0 radical (unpaired) electrons. The van der Waals surface area contributed by atoms with Gasteiger partial charge in [-0.25, -0.2) is 4.79 Å². The molecule has 184 valence electrons. The molecule has 2 N–H and O–H groups in total. The van der Waals surface area contributed by atoms with Crippen molar-refractivity contribution in [1.82, 2.24) is 10.4 Å². The summed E-state index contributed by atoms with van der Waals surface area (Å²) in [5.41, 5.74) is -0.424. The number of benzene rings is 1. The van der Waals surface area contributed by atoms with E-state index in [0.29, 0.717) is 74.8 Å². The number of nitrogens with one attached hydrogen (secondary N) is 1. The third-order valence-electron chi connectivity index (χ3n) is 5.07. The molecule has 33 heavy (non-hydrogen) atoms. The smallest absolute Gasteiger partial charge is 0.353 e. The monoisotopic (exact) mass is 483 g/mol. The third kappa shape index (κ3) is 7.83. The molecule has 1 saturated heterocycles. The lowest BCUT2D eigenvalue weighted by molar-refractivity contribution is -0.197. The van der Waals surface area contributed by atoms with E-state index in [9.17, 15) is 9.90 Å². The molecule has 1 unspecified atom stereocenters. The van der Waals surface area contributed by atoms with Gasteiger partial charge in [0.05, 0.1) is 33.0 Å². The largest absolute Gasteiger partial charge is 0.507 e. The second kappa shape index (κ2) is 13.1. The first-order valence-corrected chi connectivity index (χ1v) is 12.0. The molecule has 1 aromatic carbocycles. The van der Waals surface area contributed by atoms with Gasteiger partial charge in [0.15, 0.2) is 5.54 Å². The number of nitrogens with zero attached hydrogens (tertiary/aromatic N) is 2. The Morgan fingerprint density at radius 2 is 1.85 bits per heavy atom. The molecule has 2 aliphatic rings. The average Bonchev–Trinajstić information content (AvgIpc) is 3.22. The van der Waals surface area contributed by atoms with E-state index >= 15 is 0 Å². The van der Waals surface area contributed by atoms with Gasteiger partial charge in [-0.3, -0.25) is 4.99 Å². The van der Waals surface area contributed by atoms with Gasteiger partial charge in [0.1, 0.15) is 23.1 Å². The number of aliphatic imine (C=N–C) groups is 1. The Hall–Kier alpha value is -1.89. The summed E-state index contributed by atoms with van der Waals surface area (Å²) in [6.45, 7) is 7.47. The highest BCUT2D eigenvalue weighted by Crippen LogP contribution is 2.36. The van der Waals surface area contributed by atoms with Crippen molar-refractivity contribution < 1.29 is 33.7 Å². The van der Waals surface area contributed by atoms with Crippen LogP contribution in [0.3, 0.4) is 0 Å². The lowest BCUT2D eigenvalue weighted by Gasteiger charge is -2.28. The van der Waals surface area contributed by atoms with Gasteiger partial charge >= 0.3 is 5.97 Å². The van der Waals surface area contributed by atoms with Crippen molar-refractivity contribution in [1.29, 1.82) is 0 Å². The number of hydroxylamine groups is 2. The maximum atomic E-state index is 12.7. The number of carbonyl (C=O) groups excluding carboxylic acids is 1. The zero-order chi connectivity index (χ0) is 23.5. The summed E-state index contributed by atoms with van der Waals surface area (Å²) in [5.74, 6) is 0.652. The lowest BCUT2D eigenvalue weighted by Crippen LogP contribution is -2.47. The van der Waals surface area contributed by atoms with Crippen molar-refractivity contribution >= 4 is 22.8 Å². The van der Waals surface area contributed by atoms with Crippen molar-refractivity contribution in [2.45, 2.75) is 12.5 Å². The predicted octanol–water partition coefficient (Wildman–Crippen LogP) is 1.07. The van der Waals surface area contributed by atoms with Crippen LogP contribution in [-0.4, -0.2) is 105 Å². The highest BCUT2D eigenvalue weighted by Gasteiger charge is 2.41. The van der Waals surface area contributed by atoms with E-state index in [1.54, 1.807) is 37.3 Å². The summed E-state index contributed by atoms with van der Waals surface area (Å²) in [7, 11) is 1.63. The minimum absolute atomic E-state index is 0.0472. The summed E-state index contributed by atoms with van der Waals surface area (Å²) in [6.07, 6.45) is 0. The number of ether oxygens (including phenoxy) is 4. The van der Waals surface area contributed by atoms with Crippen LogP contribution in [-0.2, 0) is 23.8 Å². The Labute approximate surface area is 198 Å². The highest BCUT2D eigenvalue weighted by molar-refractivity contribution is 8.14. The van der Waals surface area contributed by atoms with Gasteiger partial charge in [0.25, 0.3) is 0 Å². The van der Waals surface area contributed by atoms with Gasteiger partial charge in [-0.2, -0.15) is 0 Å². The summed E-state index contributed by atoms with van der Waals surface area (Å²) in [4.78, 5) is 22.8. The fraction of sp³-hybridized carbons (Fsp3) is 0.636. The van der Waals surface area contributed by atoms with E-state index in [4.69, 9.17) is 23.8 Å². The normalized spacial score (nSPS) is 21.1. The summed E-state index contributed by atoms with van der Waals surface area (Å²) >= 11 is 1.42. The summed E-state index contributed by atoms with van der Waals surface area (Å²) < 4.78 is 21.3. The first kappa shape index (κ1) is 25.7. The van der Waals surface area contributed by atoms with Crippen LogP contribution in [0.15, 0.2) is 23.2 Å². The molecule has 1 aromatic rings. The van der Waals surface area contributed by atoms with Crippen molar-refractivity contribution in [3.8, 4) is 11.5 Å². The van der Waals surface area contributed by atoms with Crippen LogP contribution >= 0.6 is 11.8 Å². The molecule has 11 heteroatoms. The topological polar surface area (TPSA) is 111 Å². The first-order valence-electron chi connectivity index (χ1n) is 11.0. The molecule has 10 nitrogen and oxygen atoms in total. The molecule has 0 aromatic heterocycles. The van der Waals surface area contributed by atoms with Crippen molar-refractivity contribution in [3.05, 3.63) is 23.8 Å². The Morgan fingerprint density at radius 1 is 1.15 bits per heavy atom. The second-order valence-electron chi connectivity index (χ2n) is 7.78. The van der Waals surface area contributed by atoms with Crippen LogP contribution in [0.5, 0.6) is 11.5 Å². The number of phenolic OH excluding ortho intramolecular Hbond substituents is 1. The number of hydrogen-bond acceptors (Lipinski definition) is 11. The van der Waals surface area contributed by atoms with Gasteiger partial charge in [0, 0.05) is 50.7 Å². The summed E-state index contributed by atoms with van der Waals surface area (Å²) in [6, 6.07) is 5.05. The molecule has 0 amide bonds. The molecule has 0 spiro atoms. The molecule has 1 atom stereocenters. The van der Waals surface area contributed by atoms with Crippen molar-refractivity contribution in [3.63, 3.8) is 0 Å². The molecular weight excluding hydrogens is 450 g/mol. The van der Waals surface area contributed by atoms with Gasteiger partial charge in [-0.1, -0.05) is 0 Å². The quantitative estimate of drug-likeness (QED) is 0.395. The summed E-state index contributed by atoms with van der Waals surface area (Å²) in [5, 5.41) is 16.0. The van der Waals surface area contributed by atoms with E-state index in [1.165, 1.54) is 11.8 Å². The van der Waals surface area contributed by atoms with E-state index in [-0.39, 0.29) is 11.7 Å². The van der Waals surface area contributed by atoms with Crippen LogP contribution in [0.25, 0.3) is 0 Å². The van der Waals surface area contributed by atoms with Crippen molar-refractivity contribution in [2.75, 3.05) is 78.7 Å². The third-order valence-corrected chi connectivity index (χ3v) is 6.36. The minimum atomic E-state index is -0.989. The molecule has 3 rings (SSSR count). The Kier molecular flexibility index (Phi) is 10.2. The van der Waals surface area contributed by atoms with Crippen LogP contribution in [0.2, 0.25) is 0 Å². The molecule has 1 fully saturated rings. The average molecular weight is 484 g/mol. The fourth-order valence-corrected chi connectivity index (χ4v) is 4.35. The standard InChI is InChI=1S/C22H33N3O7S/c1-22(21(27)32-25-7-5-23-6-8-25)16-33-20(24-22)18-4-3-17(15-19(18)26)31-14-13-30-12-11-29-10-9-28-2/h3-4,15,23,26H,5-14,16H2,1-2H3. The van der Waals surface area contributed by atoms with Crippen LogP contribution < -0.4 is 10.1 Å². The van der Waals surface area contributed by atoms with Crippen LogP contribution in [0.1, 0.15) is 12.5 Å². The van der Waals surface area contributed by atoms with Crippen LogP contribution in [0.4, 0.5) is 0 Å². The lowest BCUT2D eigenvalue weighted by atomic mass is 10.1. The molecule has 0 bridgehead atoms. The van der Waals surface area contributed by atoms with E-state index < -0.39 is 5.54 Å². The zero-order valence-corrected chi connectivity index (χ0v) is 20.0. The Morgan fingerprint density at radius 3 is 2.55 bits per heavy atom. The zero-order valence-electron chi connectivity index (χ0n) is 19.2. The number of carbonyl (C=O) groups is 1. The van der Waals surface area contributed by atoms with Crippen molar-refractivity contribution in [2.24, 2.45) is 4.99 Å². The number of aromatic hydroxyl groups is 1. The van der Waals surface area contributed by atoms with Gasteiger partial charge in [-0.15, -0.1) is 16.8 Å². The number of methoxy groups -OCH3 is 1. The van der Waals surface area contributed by atoms with E-state index in [1.807, 2.05) is 0 Å². The number of phenols is 1. The van der Waals surface area contributed by atoms with E-state index in [0.717, 1.165) is 13.1 Å². The highest BCUT2D eigenvalue weighted by atomic mass is 32.2.